The first kappa shape index (κ1) is 18.6. The van der Waals surface area contributed by atoms with E-state index in [-0.39, 0.29) is 18.6 Å². The number of benzene rings is 1. The zero-order valence-electron chi connectivity index (χ0n) is 15.8. The lowest BCUT2D eigenvalue weighted by molar-refractivity contribution is 0.0930. The largest absolute Gasteiger partial charge is 0.394 e. The van der Waals surface area contributed by atoms with Gasteiger partial charge in [0, 0.05) is 36.8 Å². The molecule has 1 unspecified atom stereocenters. The highest BCUT2D eigenvalue weighted by molar-refractivity contribution is 5.94. The number of hydrogen-bond acceptors (Lipinski definition) is 4. The molecule has 0 fully saturated rings. The molecule has 0 saturated heterocycles. The SMILES string of the molecule is CC(NC(=O)c1nn(CCO)c2c1CN(C(C)C)CC2)c1ccccc1. The molecule has 0 radical (unpaired) electrons. The third-order valence-corrected chi connectivity index (χ3v) is 5.07. The van der Waals surface area contributed by atoms with Crippen molar-refractivity contribution in [1.29, 1.82) is 0 Å². The Kier molecular flexibility index (Phi) is 5.74. The highest BCUT2D eigenvalue weighted by Crippen LogP contribution is 2.25. The maximum Gasteiger partial charge on any atom is 0.272 e. The molecule has 0 aliphatic carbocycles. The number of fused-ring (bicyclic) bond motifs is 1. The topological polar surface area (TPSA) is 70.4 Å². The number of hydrogen-bond donors (Lipinski definition) is 2. The predicted molar refractivity (Wildman–Crippen MR) is 101 cm³/mol. The van der Waals surface area contributed by atoms with Crippen molar-refractivity contribution >= 4 is 5.91 Å². The van der Waals surface area contributed by atoms with Crippen molar-refractivity contribution in [2.75, 3.05) is 13.2 Å². The number of aliphatic hydroxyl groups excluding tert-OH is 1. The molecule has 2 N–H and O–H groups in total. The van der Waals surface area contributed by atoms with Gasteiger partial charge in [-0.1, -0.05) is 30.3 Å². The Bertz CT molecular complexity index is 755. The Hall–Kier alpha value is -2.18. The van der Waals surface area contributed by atoms with E-state index in [0.717, 1.165) is 36.3 Å². The van der Waals surface area contributed by atoms with Gasteiger partial charge >= 0.3 is 0 Å². The van der Waals surface area contributed by atoms with E-state index in [0.29, 0.717) is 18.3 Å². The van der Waals surface area contributed by atoms with Gasteiger partial charge in [-0.15, -0.1) is 0 Å². The van der Waals surface area contributed by atoms with Gasteiger partial charge in [-0.2, -0.15) is 5.10 Å². The molecule has 1 atom stereocenters. The molecule has 0 bridgehead atoms. The Morgan fingerprint density at radius 1 is 1.27 bits per heavy atom. The second-order valence-electron chi connectivity index (χ2n) is 7.14. The van der Waals surface area contributed by atoms with Crippen LogP contribution in [0.2, 0.25) is 0 Å². The van der Waals surface area contributed by atoms with Crippen molar-refractivity contribution in [2.45, 2.75) is 52.4 Å². The lowest BCUT2D eigenvalue weighted by Crippen LogP contribution is -2.37. The average Bonchev–Trinajstić information content (AvgIpc) is 3.00. The molecule has 140 valence electrons. The van der Waals surface area contributed by atoms with E-state index in [9.17, 15) is 9.90 Å². The van der Waals surface area contributed by atoms with Gasteiger partial charge in [-0.3, -0.25) is 14.4 Å². The van der Waals surface area contributed by atoms with E-state index in [1.54, 1.807) is 4.68 Å². The molecule has 2 aromatic rings. The lowest BCUT2D eigenvalue weighted by atomic mass is 10.0. The highest BCUT2D eigenvalue weighted by Gasteiger charge is 2.29. The highest BCUT2D eigenvalue weighted by atomic mass is 16.3. The summed E-state index contributed by atoms with van der Waals surface area (Å²) >= 11 is 0. The van der Waals surface area contributed by atoms with Gasteiger partial charge in [-0.25, -0.2) is 0 Å². The standard InChI is InChI=1S/C20H28N4O2/c1-14(2)23-10-9-18-17(13-23)19(22-24(18)11-12-25)20(26)21-15(3)16-7-5-4-6-8-16/h4-8,14-15,25H,9-13H2,1-3H3,(H,21,26). The smallest absolute Gasteiger partial charge is 0.272 e. The van der Waals surface area contributed by atoms with Crippen LogP contribution in [0.15, 0.2) is 30.3 Å². The van der Waals surface area contributed by atoms with Gasteiger partial charge in [0.2, 0.25) is 0 Å². The van der Waals surface area contributed by atoms with Gasteiger partial charge in [0.1, 0.15) is 0 Å². The first-order valence-corrected chi connectivity index (χ1v) is 9.30. The molecule has 26 heavy (non-hydrogen) atoms. The summed E-state index contributed by atoms with van der Waals surface area (Å²) in [5.41, 5.74) is 3.62. The maximum absolute atomic E-state index is 12.9. The summed E-state index contributed by atoms with van der Waals surface area (Å²) in [6.07, 6.45) is 0.849. The number of amides is 1. The van der Waals surface area contributed by atoms with Crippen molar-refractivity contribution in [2.24, 2.45) is 0 Å². The van der Waals surface area contributed by atoms with E-state index in [2.05, 4.69) is 29.2 Å². The molecule has 2 heterocycles. The molecule has 1 amide bonds. The fourth-order valence-electron chi connectivity index (χ4n) is 3.50. The molecule has 6 nitrogen and oxygen atoms in total. The first-order valence-electron chi connectivity index (χ1n) is 9.30. The van der Waals surface area contributed by atoms with Crippen molar-refractivity contribution < 1.29 is 9.90 Å². The van der Waals surface area contributed by atoms with Crippen LogP contribution in [0.3, 0.4) is 0 Å². The van der Waals surface area contributed by atoms with Crippen LogP contribution >= 0.6 is 0 Å². The fraction of sp³-hybridized carbons (Fsp3) is 0.500. The van der Waals surface area contributed by atoms with Gasteiger partial charge in [0.25, 0.3) is 5.91 Å². The molecular weight excluding hydrogens is 328 g/mol. The van der Waals surface area contributed by atoms with Gasteiger partial charge in [-0.05, 0) is 26.3 Å². The summed E-state index contributed by atoms with van der Waals surface area (Å²) in [4.78, 5) is 15.3. The monoisotopic (exact) mass is 356 g/mol. The number of nitrogens with zero attached hydrogens (tertiary/aromatic N) is 3. The molecule has 1 aromatic carbocycles. The summed E-state index contributed by atoms with van der Waals surface area (Å²) < 4.78 is 1.80. The molecule has 1 aliphatic heterocycles. The number of aliphatic hydroxyl groups is 1. The summed E-state index contributed by atoms with van der Waals surface area (Å²) in [5.74, 6) is -0.153. The molecule has 1 aliphatic rings. The van der Waals surface area contributed by atoms with Crippen LogP contribution in [-0.4, -0.2) is 44.9 Å². The van der Waals surface area contributed by atoms with Gasteiger partial charge < -0.3 is 10.4 Å². The third-order valence-electron chi connectivity index (χ3n) is 5.07. The fourth-order valence-corrected chi connectivity index (χ4v) is 3.50. The summed E-state index contributed by atoms with van der Waals surface area (Å²) in [7, 11) is 0. The van der Waals surface area contributed by atoms with Crippen LogP contribution in [0.1, 0.15) is 54.1 Å². The summed E-state index contributed by atoms with van der Waals surface area (Å²) in [6, 6.07) is 10.2. The normalized spacial score (nSPS) is 15.7. The van der Waals surface area contributed by atoms with Crippen LogP contribution in [0, 0.1) is 0 Å². The number of carbonyl (C=O) groups excluding carboxylic acids is 1. The minimum atomic E-state index is -0.153. The molecule has 0 saturated carbocycles. The van der Waals surface area contributed by atoms with Crippen LogP contribution < -0.4 is 5.32 Å². The second kappa shape index (κ2) is 8.01. The van der Waals surface area contributed by atoms with E-state index >= 15 is 0 Å². The number of aromatic nitrogens is 2. The average molecular weight is 356 g/mol. The predicted octanol–water partition coefficient (Wildman–Crippen LogP) is 2.13. The van der Waals surface area contributed by atoms with Crippen molar-refractivity contribution in [3.8, 4) is 0 Å². The second-order valence-corrected chi connectivity index (χ2v) is 7.14. The molecular formula is C20H28N4O2. The van der Waals surface area contributed by atoms with Crippen LogP contribution in [-0.2, 0) is 19.5 Å². The van der Waals surface area contributed by atoms with Crippen LogP contribution in [0.5, 0.6) is 0 Å². The molecule has 6 heteroatoms. The van der Waals surface area contributed by atoms with E-state index in [4.69, 9.17) is 0 Å². The maximum atomic E-state index is 12.9. The summed E-state index contributed by atoms with van der Waals surface area (Å²) in [5, 5.41) is 16.9. The zero-order valence-corrected chi connectivity index (χ0v) is 15.8. The molecule has 0 spiro atoms. The Labute approximate surface area is 154 Å². The minimum Gasteiger partial charge on any atom is -0.394 e. The van der Waals surface area contributed by atoms with Crippen molar-refractivity contribution in [3.63, 3.8) is 0 Å². The third kappa shape index (κ3) is 3.81. The van der Waals surface area contributed by atoms with Crippen molar-refractivity contribution in [1.82, 2.24) is 20.0 Å². The Morgan fingerprint density at radius 2 is 2.00 bits per heavy atom. The number of nitrogens with one attached hydrogen (secondary N) is 1. The lowest BCUT2D eigenvalue weighted by Gasteiger charge is -2.31. The molecule has 1 aromatic heterocycles. The van der Waals surface area contributed by atoms with Gasteiger partial charge in [0.05, 0.1) is 19.2 Å². The zero-order chi connectivity index (χ0) is 18.7. The van der Waals surface area contributed by atoms with Gasteiger partial charge in [0.15, 0.2) is 5.69 Å². The quantitative estimate of drug-likeness (QED) is 0.832. The van der Waals surface area contributed by atoms with Crippen LogP contribution in [0.4, 0.5) is 0 Å². The summed E-state index contributed by atoms with van der Waals surface area (Å²) in [6.45, 7) is 8.42. The minimum absolute atomic E-state index is 0.0174. The first-order chi connectivity index (χ1) is 12.5. The number of carbonyl (C=O) groups is 1. The van der Waals surface area contributed by atoms with E-state index in [1.807, 2.05) is 37.3 Å². The number of rotatable bonds is 6. The van der Waals surface area contributed by atoms with Crippen LogP contribution in [0.25, 0.3) is 0 Å². The van der Waals surface area contributed by atoms with Crippen molar-refractivity contribution in [3.05, 3.63) is 52.8 Å². The Balaban J connectivity index is 1.85. The van der Waals surface area contributed by atoms with E-state index < -0.39 is 0 Å². The molecule has 3 rings (SSSR count). The Morgan fingerprint density at radius 3 is 2.65 bits per heavy atom. The van der Waals surface area contributed by atoms with E-state index in [1.165, 1.54) is 0 Å².